The average Bonchev–Trinajstić information content (AvgIpc) is 3.26. The number of hydrogen-bond acceptors (Lipinski definition) is 2. The normalized spacial score (nSPS) is 29.3. The maximum Gasteiger partial charge on any atom is 0.224 e. The highest BCUT2D eigenvalue weighted by Crippen LogP contribution is 2.49. The van der Waals surface area contributed by atoms with Gasteiger partial charge in [-0.05, 0) is 80.5 Å². The van der Waals surface area contributed by atoms with Gasteiger partial charge in [0.2, 0.25) is 5.91 Å². The second-order valence-corrected chi connectivity index (χ2v) is 7.88. The minimum absolute atomic E-state index is 0.208. The molecule has 1 saturated heterocycles. The number of amides is 1. The van der Waals surface area contributed by atoms with Gasteiger partial charge in [-0.3, -0.25) is 4.79 Å². The van der Waals surface area contributed by atoms with Crippen LogP contribution in [0.2, 0.25) is 0 Å². The monoisotopic (exact) mass is 312 g/mol. The number of fused-ring (bicyclic) bond motifs is 2. The van der Waals surface area contributed by atoms with Crippen molar-refractivity contribution in [2.45, 2.75) is 51.9 Å². The molecular formula is C20H28N2O. The first-order valence-electron chi connectivity index (χ1n) is 9.34. The van der Waals surface area contributed by atoms with Crippen LogP contribution >= 0.6 is 0 Å². The fourth-order valence-corrected chi connectivity index (χ4v) is 5.03. The second kappa shape index (κ2) is 6.18. The number of carbonyl (C=O) groups excluding carboxylic acids is 1. The highest BCUT2D eigenvalue weighted by Gasteiger charge is 2.40. The third-order valence-electron chi connectivity index (χ3n) is 6.29. The minimum atomic E-state index is 0.208. The van der Waals surface area contributed by atoms with Gasteiger partial charge in [-0.2, -0.15) is 0 Å². The standard InChI is InChI=1S/C20H28N2O/c1-14-10-18(22-8-2-3-9-22)6-7-19(14)21-20(23)13-17-12-15-4-5-16(17)11-15/h6-7,10,15-17H,2-5,8-9,11-13H2,1H3,(H,21,23)/t15-,16-,17+/m0/s1. The number of hydrogen-bond donors (Lipinski definition) is 1. The molecule has 0 radical (unpaired) electrons. The Balaban J connectivity index is 1.37. The molecule has 1 heterocycles. The molecule has 1 aliphatic heterocycles. The van der Waals surface area contributed by atoms with Crippen LogP contribution < -0.4 is 10.2 Å². The molecule has 3 aliphatic rings. The molecule has 3 fully saturated rings. The first-order valence-corrected chi connectivity index (χ1v) is 9.34. The molecule has 3 atom stereocenters. The molecular weight excluding hydrogens is 284 g/mol. The van der Waals surface area contributed by atoms with Crippen molar-refractivity contribution in [1.82, 2.24) is 0 Å². The van der Waals surface area contributed by atoms with Gasteiger partial charge in [0, 0.05) is 30.9 Å². The number of rotatable bonds is 4. The predicted octanol–water partition coefficient (Wildman–Crippen LogP) is 4.36. The molecule has 0 unspecified atom stereocenters. The predicted molar refractivity (Wildman–Crippen MR) is 94.8 cm³/mol. The molecule has 0 spiro atoms. The fraction of sp³-hybridized carbons (Fsp3) is 0.650. The van der Waals surface area contributed by atoms with Crippen LogP contribution in [0.3, 0.4) is 0 Å². The zero-order chi connectivity index (χ0) is 15.8. The summed E-state index contributed by atoms with van der Waals surface area (Å²) in [6.07, 6.45) is 8.72. The van der Waals surface area contributed by atoms with E-state index in [1.54, 1.807) is 0 Å². The van der Waals surface area contributed by atoms with Gasteiger partial charge >= 0.3 is 0 Å². The molecule has 1 N–H and O–H groups in total. The van der Waals surface area contributed by atoms with Crippen LogP contribution in [0.4, 0.5) is 11.4 Å². The summed E-state index contributed by atoms with van der Waals surface area (Å²) < 4.78 is 0. The van der Waals surface area contributed by atoms with E-state index in [0.717, 1.165) is 30.6 Å². The SMILES string of the molecule is Cc1cc(N2CCCC2)ccc1NC(=O)C[C@H]1C[C@H]2CC[C@H]1C2. The van der Waals surface area contributed by atoms with Gasteiger partial charge in [-0.25, -0.2) is 0 Å². The van der Waals surface area contributed by atoms with Crippen molar-refractivity contribution < 1.29 is 4.79 Å². The number of carbonyl (C=O) groups is 1. The zero-order valence-corrected chi connectivity index (χ0v) is 14.2. The van der Waals surface area contributed by atoms with Gasteiger partial charge < -0.3 is 10.2 Å². The van der Waals surface area contributed by atoms with E-state index in [2.05, 4.69) is 35.3 Å². The lowest BCUT2D eigenvalue weighted by Gasteiger charge is -2.22. The minimum Gasteiger partial charge on any atom is -0.372 e. The van der Waals surface area contributed by atoms with Crippen molar-refractivity contribution in [2.75, 3.05) is 23.3 Å². The molecule has 4 rings (SSSR count). The summed E-state index contributed by atoms with van der Waals surface area (Å²) in [4.78, 5) is 14.9. The highest BCUT2D eigenvalue weighted by molar-refractivity contribution is 5.92. The lowest BCUT2D eigenvalue weighted by Crippen LogP contribution is -2.21. The number of benzene rings is 1. The van der Waals surface area contributed by atoms with E-state index in [4.69, 9.17) is 0 Å². The topological polar surface area (TPSA) is 32.3 Å². The van der Waals surface area contributed by atoms with Gasteiger partial charge in [-0.15, -0.1) is 0 Å². The van der Waals surface area contributed by atoms with Crippen molar-refractivity contribution >= 4 is 17.3 Å². The maximum atomic E-state index is 12.4. The van der Waals surface area contributed by atoms with E-state index >= 15 is 0 Å². The Kier molecular flexibility index (Phi) is 4.04. The van der Waals surface area contributed by atoms with Crippen molar-refractivity contribution in [3.05, 3.63) is 23.8 Å². The fourth-order valence-electron chi connectivity index (χ4n) is 5.03. The highest BCUT2D eigenvalue weighted by atomic mass is 16.1. The number of aryl methyl sites for hydroxylation is 1. The Labute approximate surface area is 139 Å². The van der Waals surface area contributed by atoms with E-state index in [1.807, 2.05) is 0 Å². The van der Waals surface area contributed by atoms with Crippen LogP contribution in [0.25, 0.3) is 0 Å². The largest absolute Gasteiger partial charge is 0.372 e. The Bertz CT molecular complexity index is 591. The van der Waals surface area contributed by atoms with E-state index in [1.165, 1.54) is 49.8 Å². The average molecular weight is 312 g/mol. The van der Waals surface area contributed by atoms with Crippen LogP contribution in [0.5, 0.6) is 0 Å². The molecule has 2 aliphatic carbocycles. The lowest BCUT2D eigenvalue weighted by atomic mass is 9.86. The summed E-state index contributed by atoms with van der Waals surface area (Å²) in [5.41, 5.74) is 3.46. The van der Waals surface area contributed by atoms with Crippen LogP contribution in [0, 0.1) is 24.7 Å². The van der Waals surface area contributed by atoms with Crippen molar-refractivity contribution in [1.29, 1.82) is 0 Å². The number of anilines is 2. The van der Waals surface area contributed by atoms with E-state index in [-0.39, 0.29) is 5.91 Å². The quantitative estimate of drug-likeness (QED) is 0.896. The second-order valence-electron chi connectivity index (χ2n) is 7.88. The third-order valence-corrected chi connectivity index (χ3v) is 6.29. The number of nitrogens with one attached hydrogen (secondary N) is 1. The van der Waals surface area contributed by atoms with Gasteiger partial charge in [-0.1, -0.05) is 6.42 Å². The summed E-state index contributed by atoms with van der Waals surface area (Å²) in [7, 11) is 0. The van der Waals surface area contributed by atoms with Gasteiger partial charge in [0.15, 0.2) is 0 Å². The lowest BCUT2D eigenvalue weighted by molar-refractivity contribution is -0.117. The zero-order valence-electron chi connectivity index (χ0n) is 14.2. The van der Waals surface area contributed by atoms with Crippen molar-refractivity contribution in [3.63, 3.8) is 0 Å². The maximum absolute atomic E-state index is 12.4. The molecule has 124 valence electrons. The van der Waals surface area contributed by atoms with Crippen LogP contribution in [-0.2, 0) is 4.79 Å². The summed E-state index contributed by atoms with van der Waals surface area (Å²) in [6.45, 7) is 4.43. The Morgan fingerprint density at radius 3 is 2.70 bits per heavy atom. The van der Waals surface area contributed by atoms with E-state index in [9.17, 15) is 4.79 Å². The Hall–Kier alpha value is -1.51. The summed E-state index contributed by atoms with van der Waals surface area (Å²) >= 11 is 0. The summed E-state index contributed by atoms with van der Waals surface area (Å²) in [5.74, 6) is 2.58. The molecule has 1 amide bonds. The molecule has 23 heavy (non-hydrogen) atoms. The molecule has 1 aromatic rings. The first-order chi connectivity index (χ1) is 11.2. The molecule has 3 nitrogen and oxygen atoms in total. The summed E-state index contributed by atoms with van der Waals surface area (Å²) in [6, 6.07) is 6.46. The molecule has 2 bridgehead atoms. The molecule has 3 heteroatoms. The Morgan fingerprint density at radius 1 is 1.22 bits per heavy atom. The molecule has 2 saturated carbocycles. The third kappa shape index (κ3) is 3.11. The molecule has 0 aromatic heterocycles. The van der Waals surface area contributed by atoms with Gasteiger partial charge in [0.25, 0.3) is 0 Å². The smallest absolute Gasteiger partial charge is 0.224 e. The van der Waals surface area contributed by atoms with Crippen molar-refractivity contribution in [2.24, 2.45) is 17.8 Å². The number of nitrogens with zero attached hydrogens (tertiary/aromatic N) is 1. The van der Waals surface area contributed by atoms with Gasteiger partial charge in [0.1, 0.15) is 0 Å². The van der Waals surface area contributed by atoms with Crippen LogP contribution in [-0.4, -0.2) is 19.0 Å². The molecule has 1 aromatic carbocycles. The van der Waals surface area contributed by atoms with Crippen LogP contribution in [0.1, 0.15) is 50.5 Å². The van der Waals surface area contributed by atoms with E-state index in [0.29, 0.717) is 12.3 Å². The Morgan fingerprint density at radius 2 is 2.04 bits per heavy atom. The first kappa shape index (κ1) is 15.0. The van der Waals surface area contributed by atoms with Crippen molar-refractivity contribution in [3.8, 4) is 0 Å². The van der Waals surface area contributed by atoms with Gasteiger partial charge in [0.05, 0.1) is 0 Å². The summed E-state index contributed by atoms with van der Waals surface area (Å²) in [5, 5.41) is 3.16. The van der Waals surface area contributed by atoms with Crippen LogP contribution in [0.15, 0.2) is 18.2 Å². The van der Waals surface area contributed by atoms with E-state index < -0.39 is 0 Å².